The summed E-state index contributed by atoms with van der Waals surface area (Å²) in [6.07, 6.45) is 2.05. The summed E-state index contributed by atoms with van der Waals surface area (Å²) in [5.41, 5.74) is 3.03. The lowest BCUT2D eigenvalue weighted by Gasteiger charge is -2.11. The second-order valence-corrected chi connectivity index (χ2v) is 6.79. The molecule has 7 nitrogen and oxygen atoms in total. The summed E-state index contributed by atoms with van der Waals surface area (Å²) in [5, 5.41) is 5.97. The van der Waals surface area contributed by atoms with Crippen LogP contribution in [-0.2, 0) is 9.59 Å². The molecule has 0 fully saturated rings. The lowest BCUT2D eigenvalue weighted by Crippen LogP contribution is -2.36. The van der Waals surface area contributed by atoms with E-state index in [2.05, 4.69) is 10.6 Å². The number of amides is 3. The van der Waals surface area contributed by atoms with Crippen LogP contribution in [-0.4, -0.2) is 24.3 Å². The molecule has 29 heavy (non-hydrogen) atoms. The van der Waals surface area contributed by atoms with Gasteiger partial charge in [-0.15, -0.1) is 0 Å². The molecule has 3 amide bonds. The first-order chi connectivity index (χ1) is 13.9. The molecule has 0 aliphatic rings. The third-order valence-corrected chi connectivity index (χ3v) is 4.55. The maximum atomic E-state index is 12.6. The Balaban J connectivity index is 2.16. The number of nitrogens with two attached hydrogens (primary N) is 1. The minimum atomic E-state index is -0.506. The number of benzene rings is 2. The van der Waals surface area contributed by atoms with Gasteiger partial charge < -0.3 is 10.6 Å². The van der Waals surface area contributed by atoms with Crippen LogP contribution < -0.4 is 21.9 Å². The highest BCUT2D eigenvalue weighted by molar-refractivity contribution is 6.42. The molecule has 0 bridgehead atoms. The van der Waals surface area contributed by atoms with E-state index in [4.69, 9.17) is 29.0 Å². The number of nitrogens with one attached hydrogen (secondary N) is 3. The van der Waals surface area contributed by atoms with Gasteiger partial charge >= 0.3 is 0 Å². The van der Waals surface area contributed by atoms with E-state index >= 15 is 0 Å². The summed E-state index contributed by atoms with van der Waals surface area (Å²) >= 11 is 11.9. The van der Waals surface area contributed by atoms with Crippen molar-refractivity contribution in [2.75, 3.05) is 6.54 Å². The highest BCUT2D eigenvalue weighted by Crippen LogP contribution is 2.23. The normalized spacial score (nSPS) is 10.9. The zero-order valence-corrected chi connectivity index (χ0v) is 16.9. The van der Waals surface area contributed by atoms with Gasteiger partial charge in [-0.1, -0.05) is 47.5 Å². The molecular formula is C20H20Cl2N4O3. The molecule has 2 rings (SSSR count). The molecular weight excluding hydrogens is 415 g/mol. The van der Waals surface area contributed by atoms with E-state index in [1.54, 1.807) is 48.5 Å². The van der Waals surface area contributed by atoms with Crippen LogP contribution in [0.3, 0.4) is 0 Å². The van der Waals surface area contributed by atoms with Gasteiger partial charge in [0.15, 0.2) is 0 Å². The smallest absolute Gasteiger partial charge is 0.267 e. The van der Waals surface area contributed by atoms with Gasteiger partial charge in [0.25, 0.3) is 11.8 Å². The Bertz CT molecular complexity index is 917. The SMILES string of the molecule is NNC(=O)CCCNC(=O)C(=Cc1ccc(Cl)c(Cl)c1)NC(=O)c1ccccc1. The second-order valence-electron chi connectivity index (χ2n) is 5.98. The van der Waals surface area contributed by atoms with E-state index in [0.717, 1.165) is 0 Å². The van der Waals surface area contributed by atoms with Gasteiger partial charge in [0.1, 0.15) is 5.70 Å². The van der Waals surface area contributed by atoms with Gasteiger partial charge in [0.05, 0.1) is 10.0 Å². The molecule has 9 heteroatoms. The summed E-state index contributed by atoms with van der Waals surface area (Å²) in [5.74, 6) is 3.75. The highest BCUT2D eigenvalue weighted by atomic mass is 35.5. The van der Waals surface area contributed by atoms with Crippen molar-refractivity contribution >= 4 is 47.0 Å². The number of hydrazine groups is 1. The van der Waals surface area contributed by atoms with Crippen LogP contribution in [0.15, 0.2) is 54.2 Å². The van der Waals surface area contributed by atoms with E-state index in [0.29, 0.717) is 27.6 Å². The summed E-state index contributed by atoms with van der Waals surface area (Å²) in [6, 6.07) is 13.3. The minimum absolute atomic E-state index is 0.0283. The molecule has 2 aromatic carbocycles. The molecule has 5 N–H and O–H groups in total. The monoisotopic (exact) mass is 434 g/mol. The summed E-state index contributed by atoms with van der Waals surface area (Å²) in [4.78, 5) is 36.2. The maximum absolute atomic E-state index is 12.6. The predicted octanol–water partition coefficient (Wildman–Crippen LogP) is 2.65. The standard InChI is InChI=1S/C20H20Cl2N4O3/c21-15-9-8-13(11-16(15)22)12-17(20(29)24-10-4-7-18(27)26-23)25-19(28)14-5-2-1-3-6-14/h1-3,5-6,8-9,11-12H,4,7,10,23H2,(H,24,29)(H,25,28)(H,26,27). The van der Waals surface area contributed by atoms with E-state index in [1.165, 1.54) is 6.08 Å². The molecule has 0 aromatic heterocycles. The Morgan fingerprint density at radius 3 is 2.38 bits per heavy atom. The van der Waals surface area contributed by atoms with Crippen molar-refractivity contribution in [3.8, 4) is 0 Å². The average Bonchev–Trinajstić information content (AvgIpc) is 2.73. The summed E-state index contributed by atoms with van der Waals surface area (Å²) in [7, 11) is 0. The van der Waals surface area contributed by atoms with Crippen LogP contribution in [0.5, 0.6) is 0 Å². The first-order valence-corrected chi connectivity index (χ1v) is 9.47. The molecule has 0 unspecified atom stereocenters. The number of carbonyl (C=O) groups is 3. The first kappa shape index (κ1) is 22.4. The Kier molecular flexibility index (Phi) is 8.67. The zero-order valence-electron chi connectivity index (χ0n) is 15.4. The van der Waals surface area contributed by atoms with Gasteiger partial charge in [0.2, 0.25) is 5.91 Å². The van der Waals surface area contributed by atoms with Crippen LogP contribution >= 0.6 is 23.2 Å². The van der Waals surface area contributed by atoms with Crippen LogP contribution in [0.2, 0.25) is 10.0 Å². The molecule has 152 valence electrons. The third kappa shape index (κ3) is 7.23. The van der Waals surface area contributed by atoms with Gasteiger partial charge in [-0.25, -0.2) is 5.84 Å². The number of hydrogen-bond acceptors (Lipinski definition) is 4. The highest BCUT2D eigenvalue weighted by Gasteiger charge is 2.15. The number of carbonyl (C=O) groups excluding carboxylic acids is 3. The molecule has 0 aliphatic carbocycles. The van der Waals surface area contributed by atoms with E-state index in [-0.39, 0.29) is 24.6 Å². The van der Waals surface area contributed by atoms with Gasteiger partial charge in [-0.3, -0.25) is 19.8 Å². The van der Waals surface area contributed by atoms with Crippen molar-refractivity contribution in [2.45, 2.75) is 12.8 Å². The van der Waals surface area contributed by atoms with Crippen molar-refractivity contribution in [3.05, 3.63) is 75.4 Å². The molecule has 0 heterocycles. The van der Waals surface area contributed by atoms with Crippen molar-refractivity contribution in [2.24, 2.45) is 5.84 Å². The van der Waals surface area contributed by atoms with Crippen LogP contribution in [0.1, 0.15) is 28.8 Å². The number of halogens is 2. The Morgan fingerprint density at radius 1 is 1.00 bits per heavy atom. The van der Waals surface area contributed by atoms with Crippen molar-refractivity contribution in [1.82, 2.24) is 16.1 Å². The topological polar surface area (TPSA) is 113 Å². The molecule has 0 saturated carbocycles. The third-order valence-electron chi connectivity index (χ3n) is 3.81. The largest absolute Gasteiger partial charge is 0.351 e. The maximum Gasteiger partial charge on any atom is 0.267 e. The van der Waals surface area contributed by atoms with Crippen molar-refractivity contribution < 1.29 is 14.4 Å². The van der Waals surface area contributed by atoms with E-state index in [9.17, 15) is 14.4 Å². The van der Waals surface area contributed by atoms with Gasteiger partial charge in [0, 0.05) is 18.5 Å². The van der Waals surface area contributed by atoms with Crippen LogP contribution in [0, 0.1) is 0 Å². The molecule has 2 aromatic rings. The molecule has 0 saturated heterocycles. The fourth-order valence-corrected chi connectivity index (χ4v) is 2.64. The van der Waals surface area contributed by atoms with Gasteiger partial charge in [-0.2, -0.15) is 0 Å². The Morgan fingerprint density at radius 2 is 1.72 bits per heavy atom. The average molecular weight is 435 g/mol. The molecule has 0 radical (unpaired) electrons. The first-order valence-electron chi connectivity index (χ1n) is 8.71. The van der Waals surface area contributed by atoms with Crippen LogP contribution in [0.25, 0.3) is 6.08 Å². The van der Waals surface area contributed by atoms with Crippen molar-refractivity contribution in [3.63, 3.8) is 0 Å². The van der Waals surface area contributed by atoms with E-state index in [1.807, 2.05) is 5.43 Å². The predicted molar refractivity (Wildman–Crippen MR) is 113 cm³/mol. The lowest BCUT2D eigenvalue weighted by atomic mass is 10.1. The molecule has 0 spiro atoms. The number of rotatable bonds is 8. The van der Waals surface area contributed by atoms with Gasteiger partial charge in [-0.05, 0) is 42.3 Å². The Hall–Kier alpha value is -2.87. The quantitative estimate of drug-likeness (QED) is 0.168. The van der Waals surface area contributed by atoms with Crippen molar-refractivity contribution in [1.29, 1.82) is 0 Å². The summed E-state index contributed by atoms with van der Waals surface area (Å²) in [6.45, 7) is 0.228. The number of hydrogen-bond donors (Lipinski definition) is 4. The second kappa shape index (κ2) is 11.2. The lowest BCUT2D eigenvalue weighted by molar-refractivity contribution is -0.121. The minimum Gasteiger partial charge on any atom is -0.351 e. The Labute approximate surface area is 178 Å². The van der Waals surface area contributed by atoms with E-state index < -0.39 is 11.8 Å². The fourth-order valence-electron chi connectivity index (χ4n) is 2.33. The zero-order chi connectivity index (χ0) is 21.2. The summed E-state index contributed by atoms with van der Waals surface area (Å²) < 4.78 is 0. The fraction of sp³-hybridized carbons (Fsp3) is 0.150. The van der Waals surface area contributed by atoms with Crippen LogP contribution in [0.4, 0.5) is 0 Å². The molecule has 0 atom stereocenters. The molecule has 0 aliphatic heterocycles.